The number of hydrogen-bond acceptors (Lipinski definition) is 4. The van der Waals surface area contributed by atoms with Crippen molar-refractivity contribution in [1.29, 1.82) is 5.41 Å². The molecule has 0 unspecified atom stereocenters. The molecule has 0 aromatic heterocycles. The monoisotopic (exact) mass is 189 g/mol. The topological polar surface area (TPSA) is 48.6 Å². The van der Waals surface area contributed by atoms with Crippen molar-refractivity contribution in [3.05, 3.63) is 0 Å². The van der Waals surface area contributed by atoms with Gasteiger partial charge in [0.1, 0.15) is 6.34 Å². The first-order valence-corrected chi connectivity index (χ1v) is 5.16. The molecule has 62 valence electrons. The van der Waals surface area contributed by atoms with E-state index in [1.807, 2.05) is 6.92 Å². The maximum absolute atomic E-state index is 7.12. The van der Waals surface area contributed by atoms with Gasteiger partial charge in [-0.15, -0.1) is 0 Å². The van der Waals surface area contributed by atoms with E-state index in [2.05, 4.69) is 9.98 Å². The van der Waals surface area contributed by atoms with E-state index in [1.165, 1.54) is 27.9 Å². The second kappa shape index (κ2) is 6.42. The Hall–Kier alpha value is -0.290. The van der Waals surface area contributed by atoms with Crippen LogP contribution in [-0.2, 0) is 0 Å². The summed E-state index contributed by atoms with van der Waals surface area (Å²) in [5, 5.41) is 8.61. The van der Waals surface area contributed by atoms with Crippen molar-refractivity contribution in [2.75, 3.05) is 7.05 Å². The molecule has 0 aliphatic carbocycles. The Morgan fingerprint density at radius 2 is 2.00 bits per heavy atom. The molecule has 0 atom stereocenters. The van der Waals surface area contributed by atoms with Crippen LogP contribution < -0.4 is 0 Å². The van der Waals surface area contributed by atoms with Crippen LogP contribution >= 0.6 is 21.6 Å². The fraction of sp³-hybridized carbons (Fsp3) is 0.500. The highest BCUT2D eigenvalue weighted by atomic mass is 33.1. The molecule has 0 radical (unpaired) electrons. The molecule has 0 aromatic carbocycles. The highest BCUT2D eigenvalue weighted by Gasteiger charge is 1.93. The summed E-state index contributed by atoms with van der Waals surface area (Å²) >= 11 is 0. The minimum absolute atomic E-state index is 0.581. The zero-order valence-corrected chi connectivity index (χ0v) is 8.42. The largest absolute Gasteiger partial charge is 0.298 e. The van der Waals surface area contributed by atoms with Crippen molar-refractivity contribution in [2.45, 2.75) is 13.8 Å². The summed E-state index contributed by atoms with van der Waals surface area (Å²) in [5.74, 6) is 0. The van der Waals surface area contributed by atoms with Gasteiger partial charge in [0.15, 0.2) is 0 Å². The van der Waals surface area contributed by atoms with E-state index in [1.54, 1.807) is 14.0 Å². The molecule has 0 spiro atoms. The second-order valence-corrected chi connectivity index (χ2v) is 4.28. The quantitative estimate of drug-likeness (QED) is 0.391. The van der Waals surface area contributed by atoms with E-state index in [4.69, 9.17) is 5.41 Å². The fourth-order valence-corrected chi connectivity index (χ4v) is 1.49. The van der Waals surface area contributed by atoms with Crippen LogP contribution in [0.2, 0.25) is 0 Å². The van der Waals surface area contributed by atoms with Gasteiger partial charge in [-0.3, -0.25) is 10.4 Å². The van der Waals surface area contributed by atoms with Crippen LogP contribution in [0.25, 0.3) is 0 Å². The van der Waals surface area contributed by atoms with Crippen molar-refractivity contribution in [1.82, 2.24) is 0 Å². The highest BCUT2D eigenvalue weighted by molar-refractivity contribution is 8.87. The fourth-order valence-electron chi connectivity index (χ4n) is 0.283. The molecule has 0 bridgehead atoms. The molecular formula is C6H11N3S2. The second-order valence-electron chi connectivity index (χ2n) is 1.74. The summed E-state index contributed by atoms with van der Waals surface area (Å²) in [4.78, 5) is 7.70. The lowest BCUT2D eigenvalue weighted by molar-refractivity contribution is 1.44. The van der Waals surface area contributed by atoms with Crippen molar-refractivity contribution >= 4 is 38.0 Å². The Kier molecular flexibility index (Phi) is 6.25. The van der Waals surface area contributed by atoms with Crippen molar-refractivity contribution in [2.24, 2.45) is 9.98 Å². The zero-order chi connectivity index (χ0) is 8.69. The van der Waals surface area contributed by atoms with E-state index < -0.39 is 0 Å². The summed E-state index contributed by atoms with van der Waals surface area (Å²) in [6.45, 7) is 3.64. The van der Waals surface area contributed by atoms with Gasteiger partial charge in [0.05, 0.1) is 10.1 Å². The van der Waals surface area contributed by atoms with Gasteiger partial charge < -0.3 is 0 Å². The van der Waals surface area contributed by atoms with Crippen molar-refractivity contribution in [3.63, 3.8) is 0 Å². The Labute approximate surface area is 74.7 Å². The summed E-state index contributed by atoms with van der Waals surface area (Å²) < 4.78 is 0. The molecule has 0 amide bonds. The summed E-state index contributed by atoms with van der Waals surface area (Å²) in [6, 6.07) is 0. The average molecular weight is 189 g/mol. The summed E-state index contributed by atoms with van der Waals surface area (Å²) in [7, 11) is 4.55. The zero-order valence-electron chi connectivity index (χ0n) is 6.79. The third-order valence-electron chi connectivity index (χ3n) is 0.642. The molecule has 0 aliphatic rings. The van der Waals surface area contributed by atoms with Crippen molar-refractivity contribution < 1.29 is 0 Å². The normalized spacial score (nSPS) is 12.5. The highest BCUT2D eigenvalue weighted by Crippen LogP contribution is 2.23. The molecule has 0 fully saturated rings. The lowest BCUT2D eigenvalue weighted by atomic mass is 10.9. The molecule has 0 rings (SSSR count). The molecule has 5 heteroatoms. The van der Waals surface area contributed by atoms with E-state index in [0.717, 1.165) is 5.04 Å². The minimum Gasteiger partial charge on any atom is -0.298 e. The van der Waals surface area contributed by atoms with Crippen LogP contribution in [0, 0.1) is 5.41 Å². The number of rotatable bonds is 1. The van der Waals surface area contributed by atoms with Gasteiger partial charge in [0.25, 0.3) is 0 Å². The van der Waals surface area contributed by atoms with Gasteiger partial charge in [-0.1, -0.05) is 0 Å². The third-order valence-corrected chi connectivity index (χ3v) is 3.05. The molecule has 0 heterocycles. The maximum atomic E-state index is 7.12. The van der Waals surface area contributed by atoms with Gasteiger partial charge in [-0.25, -0.2) is 4.99 Å². The van der Waals surface area contributed by atoms with E-state index >= 15 is 0 Å². The molecule has 3 nitrogen and oxygen atoms in total. The molecule has 1 N–H and O–H groups in total. The average Bonchev–Trinajstić information content (AvgIpc) is 1.97. The molecule has 11 heavy (non-hydrogen) atoms. The van der Waals surface area contributed by atoms with Crippen LogP contribution in [0.5, 0.6) is 0 Å². The predicted octanol–water partition coefficient (Wildman–Crippen LogP) is 2.44. The first-order valence-electron chi connectivity index (χ1n) is 3.01. The van der Waals surface area contributed by atoms with Gasteiger partial charge >= 0.3 is 0 Å². The van der Waals surface area contributed by atoms with Crippen LogP contribution in [0.3, 0.4) is 0 Å². The molecule has 0 saturated carbocycles. The predicted molar refractivity (Wildman–Crippen MR) is 56.1 cm³/mol. The van der Waals surface area contributed by atoms with Gasteiger partial charge in [0, 0.05) is 7.05 Å². The van der Waals surface area contributed by atoms with E-state index in [0.29, 0.717) is 5.04 Å². The number of nitrogens with zero attached hydrogens (tertiary/aromatic N) is 2. The Morgan fingerprint density at radius 3 is 2.45 bits per heavy atom. The third kappa shape index (κ3) is 7.61. The molecule has 0 saturated heterocycles. The van der Waals surface area contributed by atoms with Crippen LogP contribution in [-0.4, -0.2) is 23.5 Å². The SMILES string of the molecule is CN=CN=C(C)SSC(C)=N. The lowest BCUT2D eigenvalue weighted by Crippen LogP contribution is -1.82. The summed E-state index contributed by atoms with van der Waals surface area (Å²) in [5.41, 5.74) is 0. The van der Waals surface area contributed by atoms with E-state index in [-0.39, 0.29) is 0 Å². The Bertz CT molecular complexity index is 186. The Morgan fingerprint density at radius 1 is 1.36 bits per heavy atom. The van der Waals surface area contributed by atoms with Crippen LogP contribution in [0.4, 0.5) is 0 Å². The van der Waals surface area contributed by atoms with Crippen LogP contribution in [0.15, 0.2) is 9.98 Å². The number of hydrogen-bond donors (Lipinski definition) is 1. The smallest absolute Gasteiger partial charge is 0.110 e. The number of nitrogens with one attached hydrogen (secondary N) is 1. The van der Waals surface area contributed by atoms with Crippen LogP contribution in [0.1, 0.15) is 13.8 Å². The van der Waals surface area contributed by atoms with Gasteiger partial charge in [-0.05, 0) is 35.4 Å². The Balaban J connectivity index is 3.68. The molecule has 0 aliphatic heterocycles. The first-order chi connectivity index (χ1) is 5.16. The minimum atomic E-state index is 0.581. The number of aliphatic imine (C=N–C) groups is 2. The lowest BCUT2D eigenvalue weighted by Gasteiger charge is -1.94. The van der Waals surface area contributed by atoms with Crippen molar-refractivity contribution in [3.8, 4) is 0 Å². The molecule has 0 aromatic rings. The first kappa shape index (κ1) is 10.7. The van der Waals surface area contributed by atoms with E-state index in [9.17, 15) is 0 Å². The standard InChI is InChI=1S/C6H11N3S2/c1-5(7)10-11-6(2)9-4-8-3/h4,7H,1-3H3. The maximum Gasteiger partial charge on any atom is 0.110 e. The molecular weight excluding hydrogens is 178 g/mol. The summed E-state index contributed by atoms with van der Waals surface area (Å²) in [6.07, 6.45) is 1.50. The van der Waals surface area contributed by atoms with Gasteiger partial charge in [-0.2, -0.15) is 0 Å². The van der Waals surface area contributed by atoms with Gasteiger partial charge in [0.2, 0.25) is 0 Å².